The van der Waals surface area contributed by atoms with Gasteiger partial charge in [0, 0.05) is 11.8 Å². The highest BCUT2D eigenvalue weighted by atomic mass is 16.5. The summed E-state index contributed by atoms with van der Waals surface area (Å²) in [5.41, 5.74) is 1.97. The molecule has 0 spiro atoms. The van der Waals surface area contributed by atoms with E-state index in [2.05, 4.69) is 11.6 Å². The van der Waals surface area contributed by atoms with E-state index in [1.54, 1.807) is 0 Å². The van der Waals surface area contributed by atoms with Gasteiger partial charge in [-0.05, 0) is 25.5 Å². The number of ether oxygens (including phenoxy) is 1. The molecule has 0 atom stereocenters. The number of pyridine rings is 1. The van der Waals surface area contributed by atoms with E-state index >= 15 is 0 Å². The summed E-state index contributed by atoms with van der Waals surface area (Å²) in [6.07, 6.45) is 0. The third-order valence-corrected chi connectivity index (χ3v) is 1.33. The topological polar surface area (TPSA) is 22.1 Å². The maximum absolute atomic E-state index is 5.34. The van der Waals surface area contributed by atoms with E-state index in [9.17, 15) is 0 Å². The molecule has 0 aliphatic carbocycles. The van der Waals surface area contributed by atoms with E-state index in [1.165, 1.54) is 0 Å². The van der Waals surface area contributed by atoms with E-state index in [0.717, 1.165) is 11.3 Å². The number of aryl methyl sites for hydroxylation is 1. The van der Waals surface area contributed by atoms with E-state index in [1.807, 2.05) is 32.0 Å². The molecule has 0 bridgehead atoms. The van der Waals surface area contributed by atoms with Crippen molar-refractivity contribution in [3.63, 3.8) is 0 Å². The Balaban J connectivity index is 2.57. The smallest absolute Gasteiger partial charge is 0.213 e. The summed E-state index contributed by atoms with van der Waals surface area (Å²) in [5.74, 6) is 0.665. The van der Waals surface area contributed by atoms with Crippen LogP contribution in [0.1, 0.15) is 12.6 Å². The van der Waals surface area contributed by atoms with Crippen LogP contribution in [-0.2, 0) is 0 Å². The fourth-order valence-electron chi connectivity index (χ4n) is 0.796. The molecule has 0 aliphatic heterocycles. The van der Waals surface area contributed by atoms with Crippen molar-refractivity contribution in [2.24, 2.45) is 0 Å². The molecule has 0 N–H and O–H groups in total. The van der Waals surface area contributed by atoms with Gasteiger partial charge in [0.1, 0.15) is 6.61 Å². The zero-order valence-electron chi connectivity index (χ0n) is 7.50. The lowest BCUT2D eigenvalue weighted by Gasteiger charge is -2.04. The first-order valence-corrected chi connectivity index (χ1v) is 3.89. The molecule has 0 aromatic carbocycles. The van der Waals surface area contributed by atoms with Crippen molar-refractivity contribution in [1.29, 1.82) is 0 Å². The molecule has 0 aliphatic rings. The van der Waals surface area contributed by atoms with Crippen molar-refractivity contribution >= 4 is 0 Å². The minimum Gasteiger partial charge on any atom is -0.473 e. The predicted octanol–water partition coefficient (Wildman–Crippen LogP) is 2.34. The maximum atomic E-state index is 5.34. The van der Waals surface area contributed by atoms with E-state index in [-0.39, 0.29) is 0 Å². The van der Waals surface area contributed by atoms with Crippen molar-refractivity contribution in [2.75, 3.05) is 6.61 Å². The van der Waals surface area contributed by atoms with Crippen molar-refractivity contribution in [3.05, 3.63) is 36.0 Å². The predicted molar refractivity (Wildman–Crippen MR) is 49.3 cm³/mol. The summed E-state index contributed by atoms with van der Waals surface area (Å²) in [4.78, 5) is 4.18. The Hall–Kier alpha value is -1.31. The van der Waals surface area contributed by atoms with Crippen molar-refractivity contribution in [2.45, 2.75) is 13.8 Å². The third kappa shape index (κ3) is 2.74. The third-order valence-electron chi connectivity index (χ3n) is 1.33. The molecule has 12 heavy (non-hydrogen) atoms. The normalized spacial score (nSPS) is 9.50. The SMILES string of the molecule is C=C(C)COc1cccc(C)n1. The van der Waals surface area contributed by atoms with Crippen molar-refractivity contribution < 1.29 is 4.74 Å². The molecule has 0 saturated heterocycles. The molecule has 1 aromatic heterocycles. The van der Waals surface area contributed by atoms with Gasteiger partial charge in [0.15, 0.2) is 0 Å². The highest BCUT2D eigenvalue weighted by molar-refractivity contribution is 5.15. The number of hydrogen-bond acceptors (Lipinski definition) is 2. The van der Waals surface area contributed by atoms with E-state index < -0.39 is 0 Å². The van der Waals surface area contributed by atoms with Gasteiger partial charge < -0.3 is 4.74 Å². The van der Waals surface area contributed by atoms with Crippen LogP contribution in [-0.4, -0.2) is 11.6 Å². The van der Waals surface area contributed by atoms with Gasteiger partial charge >= 0.3 is 0 Å². The van der Waals surface area contributed by atoms with Crippen LogP contribution in [0.5, 0.6) is 5.88 Å². The van der Waals surface area contributed by atoms with Crippen LogP contribution in [0.4, 0.5) is 0 Å². The minimum absolute atomic E-state index is 0.538. The van der Waals surface area contributed by atoms with Gasteiger partial charge in [-0.15, -0.1) is 0 Å². The van der Waals surface area contributed by atoms with Gasteiger partial charge in [-0.25, -0.2) is 4.98 Å². The van der Waals surface area contributed by atoms with E-state index in [0.29, 0.717) is 12.5 Å². The summed E-state index contributed by atoms with van der Waals surface area (Å²) < 4.78 is 5.34. The molecule has 64 valence electrons. The first kappa shape index (κ1) is 8.78. The molecule has 1 aromatic rings. The van der Waals surface area contributed by atoms with Crippen LogP contribution >= 0.6 is 0 Å². The molecule has 0 radical (unpaired) electrons. The summed E-state index contributed by atoms with van der Waals surface area (Å²) in [7, 11) is 0. The molecule has 2 heteroatoms. The summed E-state index contributed by atoms with van der Waals surface area (Å²) in [5, 5.41) is 0. The molecule has 1 rings (SSSR count). The molecule has 0 unspecified atom stereocenters. The Kier molecular flexibility index (Phi) is 2.86. The molecule has 2 nitrogen and oxygen atoms in total. The second-order valence-corrected chi connectivity index (χ2v) is 2.86. The molecular weight excluding hydrogens is 150 g/mol. The van der Waals surface area contributed by atoms with Gasteiger partial charge in [0.05, 0.1) is 0 Å². The molecule has 0 saturated carbocycles. The van der Waals surface area contributed by atoms with E-state index in [4.69, 9.17) is 4.74 Å². The van der Waals surface area contributed by atoms with Crippen LogP contribution in [0, 0.1) is 6.92 Å². The van der Waals surface area contributed by atoms with Gasteiger partial charge in [0.2, 0.25) is 5.88 Å². The second kappa shape index (κ2) is 3.90. The minimum atomic E-state index is 0.538. The number of rotatable bonds is 3. The Morgan fingerprint density at radius 3 is 2.92 bits per heavy atom. The molecule has 0 amide bonds. The van der Waals surface area contributed by atoms with Gasteiger partial charge in [-0.2, -0.15) is 0 Å². The Labute approximate surface area is 72.9 Å². The zero-order valence-corrected chi connectivity index (χ0v) is 7.50. The number of hydrogen-bond donors (Lipinski definition) is 0. The van der Waals surface area contributed by atoms with Crippen LogP contribution in [0.15, 0.2) is 30.4 Å². The van der Waals surface area contributed by atoms with Gasteiger partial charge in [-0.3, -0.25) is 0 Å². The summed E-state index contributed by atoms with van der Waals surface area (Å²) in [6, 6.07) is 5.71. The monoisotopic (exact) mass is 163 g/mol. The number of nitrogens with zero attached hydrogens (tertiary/aromatic N) is 1. The molecule has 0 fully saturated rings. The quantitative estimate of drug-likeness (QED) is 0.638. The first-order valence-electron chi connectivity index (χ1n) is 3.89. The lowest BCUT2D eigenvalue weighted by Crippen LogP contribution is -1.99. The van der Waals surface area contributed by atoms with Crippen molar-refractivity contribution in [1.82, 2.24) is 4.98 Å². The lowest BCUT2D eigenvalue weighted by molar-refractivity contribution is 0.338. The molecular formula is C10H13NO. The van der Waals surface area contributed by atoms with Gasteiger partial charge in [-0.1, -0.05) is 12.6 Å². The first-order chi connectivity index (χ1) is 5.68. The standard InChI is InChI=1S/C10H13NO/c1-8(2)7-12-10-6-4-5-9(3)11-10/h4-6H,1,7H2,2-3H3. The average molecular weight is 163 g/mol. The Morgan fingerprint density at radius 2 is 2.33 bits per heavy atom. The summed E-state index contributed by atoms with van der Waals surface area (Å²) >= 11 is 0. The Morgan fingerprint density at radius 1 is 1.58 bits per heavy atom. The lowest BCUT2D eigenvalue weighted by atomic mass is 10.4. The number of aromatic nitrogens is 1. The fraction of sp³-hybridized carbons (Fsp3) is 0.300. The second-order valence-electron chi connectivity index (χ2n) is 2.86. The van der Waals surface area contributed by atoms with Crippen LogP contribution in [0.3, 0.4) is 0 Å². The fourth-order valence-corrected chi connectivity index (χ4v) is 0.796. The highest BCUT2D eigenvalue weighted by Gasteiger charge is 1.94. The van der Waals surface area contributed by atoms with Gasteiger partial charge in [0.25, 0.3) is 0 Å². The van der Waals surface area contributed by atoms with Crippen LogP contribution in [0.2, 0.25) is 0 Å². The van der Waals surface area contributed by atoms with Crippen LogP contribution in [0.25, 0.3) is 0 Å². The largest absolute Gasteiger partial charge is 0.473 e. The van der Waals surface area contributed by atoms with Crippen LogP contribution < -0.4 is 4.74 Å². The average Bonchev–Trinajstić information content (AvgIpc) is 2.01. The Bertz CT molecular complexity index is 281. The highest BCUT2D eigenvalue weighted by Crippen LogP contribution is 2.07. The summed E-state index contributed by atoms with van der Waals surface area (Å²) in [6.45, 7) is 8.14. The maximum Gasteiger partial charge on any atom is 0.213 e. The zero-order chi connectivity index (χ0) is 8.97. The molecule has 1 heterocycles. The van der Waals surface area contributed by atoms with Crippen molar-refractivity contribution in [3.8, 4) is 5.88 Å².